The normalized spacial score (nSPS) is 18.2. The molecule has 7 nitrogen and oxygen atoms in total. The fourth-order valence-corrected chi connectivity index (χ4v) is 6.61. The van der Waals surface area contributed by atoms with Gasteiger partial charge in [-0.05, 0) is 50.1 Å². The lowest BCUT2D eigenvalue weighted by atomic mass is 10.2. The number of hydrogen-bond acceptors (Lipinski definition) is 5. The van der Waals surface area contributed by atoms with Gasteiger partial charge >= 0.3 is 0 Å². The highest BCUT2D eigenvalue weighted by atomic mass is 35.5. The summed E-state index contributed by atoms with van der Waals surface area (Å²) in [5.74, 6) is -1.53. The third kappa shape index (κ3) is 5.43. The Hall–Kier alpha value is -2.01. The predicted molar refractivity (Wildman–Crippen MR) is 114 cm³/mol. The van der Waals surface area contributed by atoms with Crippen molar-refractivity contribution in [2.24, 2.45) is 0 Å². The molecule has 2 unspecified atom stereocenters. The van der Waals surface area contributed by atoms with Crippen LogP contribution in [0.3, 0.4) is 0 Å². The maximum absolute atomic E-state index is 13.3. The van der Waals surface area contributed by atoms with Crippen molar-refractivity contribution in [3.63, 3.8) is 0 Å². The average molecular weight is 489 g/mol. The van der Waals surface area contributed by atoms with E-state index >= 15 is 0 Å². The van der Waals surface area contributed by atoms with E-state index in [1.807, 2.05) is 0 Å². The molecule has 2 atom stereocenters. The van der Waals surface area contributed by atoms with Crippen LogP contribution in [0.5, 0.6) is 0 Å². The standard InChI is InChI=1S/C20H22ClFN2O5S2/c1-14(23-31(28,29)17-9-10-19(22)18(21)12-17)20(25)24-11-5-6-15(24)13-30(26,27)16-7-3-2-4-8-16/h2-4,7-10,12,14-15,23H,5-6,11,13H2,1H3. The summed E-state index contributed by atoms with van der Waals surface area (Å²) >= 11 is 5.65. The summed E-state index contributed by atoms with van der Waals surface area (Å²) < 4.78 is 66.1. The van der Waals surface area contributed by atoms with Crippen LogP contribution in [0.1, 0.15) is 19.8 Å². The number of benzene rings is 2. The molecule has 0 aromatic heterocycles. The number of sulfonamides is 1. The third-order valence-corrected chi connectivity index (χ3v) is 8.72. The van der Waals surface area contributed by atoms with Gasteiger partial charge in [0.25, 0.3) is 0 Å². The Balaban J connectivity index is 1.72. The molecule has 1 N–H and O–H groups in total. The van der Waals surface area contributed by atoms with Crippen LogP contribution >= 0.6 is 11.6 Å². The van der Waals surface area contributed by atoms with Crippen molar-refractivity contribution in [1.82, 2.24) is 9.62 Å². The minimum atomic E-state index is -4.14. The molecule has 1 heterocycles. The molecule has 1 aliphatic heterocycles. The van der Waals surface area contributed by atoms with Crippen LogP contribution in [0, 0.1) is 5.82 Å². The molecule has 3 rings (SSSR count). The Labute approximate surface area is 186 Å². The molecule has 2 aromatic carbocycles. The Morgan fingerprint density at radius 3 is 2.48 bits per heavy atom. The minimum absolute atomic E-state index is 0.177. The zero-order valence-electron chi connectivity index (χ0n) is 16.7. The number of amides is 1. The summed E-state index contributed by atoms with van der Waals surface area (Å²) in [7, 11) is -7.74. The van der Waals surface area contributed by atoms with Crippen molar-refractivity contribution in [3.8, 4) is 0 Å². The van der Waals surface area contributed by atoms with Crippen LogP contribution < -0.4 is 4.72 Å². The number of carbonyl (C=O) groups excluding carboxylic acids is 1. The summed E-state index contributed by atoms with van der Waals surface area (Å²) in [5.41, 5.74) is 0. The van der Waals surface area contributed by atoms with Gasteiger partial charge in [0.15, 0.2) is 9.84 Å². The number of likely N-dealkylation sites (tertiary alicyclic amines) is 1. The molecule has 168 valence electrons. The molecule has 1 amide bonds. The summed E-state index contributed by atoms with van der Waals surface area (Å²) in [5, 5.41) is -0.354. The van der Waals surface area contributed by atoms with Crippen LogP contribution in [0.25, 0.3) is 0 Å². The topological polar surface area (TPSA) is 101 Å². The zero-order chi connectivity index (χ0) is 22.8. The van der Waals surface area contributed by atoms with Crippen molar-refractivity contribution in [3.05, 3.63) is 59.4 Å². The number of sulfone groups is 1. The minimum Gasteiger partial charge on any atom is -0.337 e. The van der Waals surface area contributed by atoms with Crippen LogP contribution in [0.2, 0.25) is 5.02 Å². The van der Waals surface area contributed by atoms with Crippen molar-refractivity contribution in [2.45, 2.75) is 41.6 Å². The van der Waals surface area contributed by atoms with E-state index in [9.17, 15) is 26.0 Å². The van der Waals surface area contributed by atoms with Gasteiger partial charge in [-0.3, -0.25) is 4.79 Å². The summed E-state index contributed by atoms with van der Waals surface area (Å²) in [6.07, 6.45) is 1.12. The van der Waals surface area contributed by atoms with Gasteiger partial charge in [-0.2, -0.15) is 4.72 Å². The van der Waals surface area contributed by atoms with Crippen LogP contribution in [0.15, 0.2) is 58.3 Å². The average Bonchev–Trinajstić information content (AvgIpc) is 3.17. The quantitative estimate of drug-likeness (QED) is 0.645. The van der Waals surface area contributed by atoms with Gasteiger partial charge in [0.1, 0.15) is 5.82 Å². The van der Waals surface area contributed by atoms with Gasteiger partial charge in [-0.15, -0.1) is 0 Å². The third-order valence-electron chi connectivity index (χ3n) is 5.08. The maximum atomic E-state index is 13.3. The molecule has 0 spiro atoms. The molecule has 11 heteroatoms. The van der Waals surface area contributed by atoms with E-state index in [2.05, 4.69) is 4.72 Å². The lowest BCUT2D eigenvalue weighted by Crippen LogP contribution is -2.49. The molecule has 0 aliphatic carbocycles. The highest BCUT2D eigenvalue weighted by Crippen LogP contribution is 2.24. The number of carbonyl (C=O) groups is 1. The summed E-state index contributed by atoms with van der Waals surface area (Å²) in [4.78, 5) is 14.2. The number of hydrogen-bond donors (Lipinski definition) is 1. The molecular weight excluding hydrogens is 467 g/mol. The second-order valence-electron chi connectivity index (χ2n) is 7.34. The Morgan fingerprint density at radius 1 is 1.16 bits per heavy atom. The fraction of sp³-hybridized carbons (Fsp3) is 0.350. The largest absolute Gasteiger partial charge is 0.337 e. The highest BCUT2D eigenvalue weighted by molar-refractivity contribution is 7.91. The van der Waals surface area contributed by atoms with Crippen LogP contribution in [-0.4, -0.2) is 52.0 Å². The van der Waals surface area contributed by atoms with Gasteiger partial charge in [-0.25, -0.2) is 21.2 Å². The van der Waals surface area contributed by atoms with Crippen molar-refractivity contribution < 1.29 is 26.0 Å². The van der Waals surface area contributed by atoms with E-state index in [-0.39, 0.29) is 20.6 Å². The second kappa shape index (κ2) is 9.23. The molecule has 0 radical (unpaired) electrons. The van der Waals surface area contributed by atoms with E-state index < -0.39 is 43.7 Å². The van der Waals surface area contributed by atoms with E-state index in [0.29, 0.717) is 19.4 Å². The molecule has 0 bridgehead atoms. The Bertz CT molecular complexity index is 1170. The lowest BCUT2D eigenvalue weighted by Gasteiger charge is -2.27. The second-order valence-corrected chi connectivity index (χ2v) is 11.5. The first kappa shape index (κ1) is 23.6. The summed E-state index contributed by atoms with van der Waals surface area (Å²) in [6, 6.07) is 9.21. The number of nitrogens with one attached hydrogen (secondary N) is 1. The van der Waals surface area contributed by atoms with E-state index in [0.717, 1.165) is 18.2 Å². The molecule has 0 saturated carbocycles. The van der Waals surface area contributed by atoms with Gasteiger partial charge in [0, 0.05) is 12.6 Å². The molecule has 2 aromatic rings. The Kier molecular flexibility index (Phi) is 7.04. The predicted octanol–water partition coefficient (Wildman–Crippen LogP) is 2.61. The molecule has 1 aliphatic rings. The molecule has 31 heavy (non-hydrogen) atoms. The van der Waals surface area contributed by atoms with Crippen LogP contribution in [-0.2, 0) is 24.7 Å². The first-order chi connectivity index (χ1) is 14.5. The number of nitrogens with zero attached hydrogens (tertiary/aromatic N) is 1. The van der Waals surface area contributed by atoms with E-state index in [1.54, 1.807) is 18.2 Å². The first-order valence-electron chi connectivity index (χ1n) is 9.57. The van der Waals surface area contributed by atoms with E-state index in [4.69, 9.17) is 11.6 Å². The van der Waals surface area contributed by atoms with Crippen molar-refractivity contribution in [2.75, 3.05) is 12.3 Å². The number of halogens is 2. The monoisotopic (exact) mass is 488 g/mol. The van der Waals surface area contributed by atoms with Crippen LogP contribution in [0.4, 0.5) is 4.39 Å². The Morgan fingerprint density at radius 2 is 1.84 bits per heavy atom. The number of rotatable bonds is 7. The van der Waals surface area contributed by atoms with Gasteiger partial charge in [0.05, 0.1) is 26.6 Å². The smallest absolute Gasteiger partial charge is 0.241 e. The van der Waals surface area contributed by atoms with Gasteiger partial charge in [-0.1, -0.05) is 29.8 Å². The molecule has 1 fully saturated rings. The van der Waals surface area contributed by atoms with E-state index in [1.165, 1.54) is 24.0 Å². The van der Waals surface area contributed by atoms with Gasteiger partial charge < -0.3 is 4.90 Å². The molecule has 1 saturated heterocycles. The van der Waals surface area contributed by atoms with Gasteiger partial charge in [0.2, 0.25) is 15.9 Å². The first-order valence-corrected chi connectivity index (χ1v) is 13.1. The van der Waals surface area contributed by atoms with Crippen molar-refractivity contribution in [1.29, 1.82) is 0 Å². The zero-order valence-corrected chi connectivity index (χ0v) is 19.1. The SMILES string of the molecule is CC(NS(=O)(=O)c1ccc(F)c(Cl)c1)C(=O)N1CCCC1CS(=O)(=O)c1ccccc1. The van der Waals surface area contributed by atoms with Crippen molar-refractivity contribution >= 4 is 37.4 Å². The lowest BCUT2D eigenvalue weighted by molar-refractivity contribution is -0.133. The fourth-order valence-electron chi connectivity index (χ4n) is 3.52. The molecular formula is C20H22ClFN2O5S2. The maximum Gasteiger partial charge on any atom is 0.241 e. The highest BCUT2D eigenvalue weighted by Gasteiger charge is 2.36. The summed E-state index contributed by atoms with van der Waals surface area (Å²) in [6.45, 7) is 1.72.